The van der Waals surface area contributed by atoms with Gasteiger partial charge in [0.2, 0.25) is 0 Å². The Hall–Kier alpha value is -3.93. The Labute approximate surface area is 495 Å². The topological polar surface area (TPSA) is 78.9 Å². The van der Waals surface area contributed by atoms with E-state index in [-0.39, 0.29) is 31.1 Å². The summed E-state index contributed by atoms with van der Waals surface area (Å²) in [5.41, 5.74) is 0. The van der Waals surface area contributed by atoms with Gasteiger partial charge in [-0.05, 0) is 109 Å². The van der Waals surface area contributed by atoms with Crippen LogP contribution in [-0.2, 0) is 28.6 Å². The molecule has 0 aliphatic carbocycles. The molecule has 0 saturated heterocycles. The summed E-state index contributed by atoms with van der Waals surface area (Å²) >= 11 is 0. The fourth-order valence-corrected chi connectivity index (χ4v) is 9.45. The van der Waals surface area contributed by atoms with Crippen molar-refractivity contribution in [2.24, 2.45) is 0 Å². The summed E-state index contributed by atoms with van der Waals surface area (Å²) < 4.78 is 16.9. The molecule has 0 rings (SSSR count). The summed E-state index contributed by atoms with van der Waals surface area (Å²) in [6.07, 6.45) is 92.5. The second-order valence-electron chi connectivity index (χ2n) is 22.4. The standard InChI is InChI=1S/C74H126O6/c1-4-7-10-13-16-19-22-25-27-28-29-30-31-32-33-34-35-36-37-38-39-40-41-42-43-44-45-46-48-49-52-55-58-61-64-67-73(76)79-70-71(69-78-72(75)66-63-60-57-54-51-24-21-18-15-12-9-6-3)80-74(77)68-65-62-59-56-53-50-47-26-23-20-17-14-11-8-5-2/h7,10,16,18-19,21,25,27,29-30,32-33,35-36,38-39,41-42,71H,4-6,8-9,11-15,17,20,22-24,26,28,31,34,37,40,43-70H2,1-3H3/b10-7-,19-16-,21-18-,27-25-,30-29-,33-32-,36-35-,39-38-,42-41-. The van der Waals surface area contributed by atoms with E-state index in [1.165, 1.54) is 167 Å². The molecular weight excluding hydrogens is 985 g/mol. The Morgan fingerprint density at radius 2 is 0.487 bits per heavy atom. The van der Waals surface area contributed by atoms with Crippen molar-refractivity contribution in [1.82, 2.24) is 0 Å². The Balaban J connectivity index is 4.19. The predicted octanol–water partition coefficient (Wildman–Crippen LogP) is 23.4. The number of carbonyl (C=O) groups excluding carboxylic acids is 3. The lowest BCUT2D eigenvalue weighted by molar-refractivity contribution is -0.167. The summed E-state index contributed by atoms with van der Waals surface area (Å²) in [6.45, 7) is 6.52. The summed E-state index contributed by atoms with van der Waals surface area (Å²) in [6, 6.07) is 0. The maximum absolute atomic E-state index is 12.9. The highest BCUT2D eigenvalue weighted by molar-refractivity contribution is 5.71. The minimum Gasteiger partial charge on any atom is -0.462 e. The van der Waals surface area contributed by atoms with Gasteiger partial charge in [0.15, 0.2) is 6.10 Å². The molecule has 0 aromatic carbocycles. The third-order valence-corrected chi connectivity index (χ3v) is 14.5. The molecule has 80 heavy (non-hydrogen) atoms. The van der Waals surface area contributed by atoms with E-state index in [4.69, 9.17) is 14.2 Å². The van der Waals surface area contributed by atoms with Gasteiger partial charge < -0.3 is 14.2 Å². The molecule has 0 spiro atoms. The van der Waals surface area contributed by atoms with E-state index in [9.17, 15) is 14.4 Å². The van der Waals surface area contributed by atoms with Crippen molar-refractivity contribution in [3.63, 3.8) is 0 Å². The fourth-order valence-electron chi connectivity index (χ4n) is 9.45. The zero-order valence-corrected chi connectivity index (χ0v) is 52.6. The number of hydrogen-bond donors (Lipinski definition) is 0. The molecule has 0 aromatic heterocycles. The summed E-state index contributed by atoms with van der Waals surface area (Å²) in [4.78, 5) is 38.3. The molecule has 6 nitrogen and oxygen atoms in total. The molecule has 0 saturated carbocycles. The predicted molar refractivity (Wildman–Crippen MR) is 348 cm³/mol. The molecule has 0 aliphatic rings. The zero-order valence-electron chi connectivity index (χ0n) is 52.6. The van der Waals surface area contributed by atoms with Gasteiger partial charge in [-0.15, -0.1) is 0 Å². The maximum atomic E-state index is 12.9. The number of allylic oxidation sites excluding steroid dienone is 18. The summed E-state index contributed by atoms with van der Waals surface area (Å²) in [5, 5.41) is 0. The Kier molecular flexibility index (Phi) is 64.3. The van der Waals surface area contributed by atoms with Gasteiger partial charge in [0, 0.05) is 19.3 Å². The SMILES string of the molecule is CC/C=C\C/C=C\C/C=C\C/C=C\C/C=C\C/C=C\C/C=C\C/C=C\CCCCCCCCCCCCC(=O)OCC(COC(=O)CCCCCCC/C=C\CCCCC)OC(=O)CCCCCCCCCCCCCCCCC. The average molecular weight is 1110 g/mol. The van der Waals surface area contributed by atoms with E-state index >= 15 is 0 Å². The quantitative estimate of drug-likeness (QED) is 0.0261. The number of ether oxygens (including phenoxy) is 3. The van der Waals surface area contributed by atoms with Crippen molar-refractivity contribution >= 4 is 17.9 Å². The molecule has 0 bridgehead atoms. The van der Waals surface area contributed by atoms with Crippen LogP contribution in [0, 0.1) is 0 Å². The van der Waals surface area contributed by atoms with Crippen LogP contribution in [0.3, 0.4) is 0 Å². The van der Waals surface area contributed by atoms with Gasteiger partial charge in [-0.2, -0.15) is 0 Å². The van der Waals surface area contributed by atoms with Crippen molar-refractivity contribution in [3.8, 4) is 0 Å². The van der Waals surface area contributed by atoms with E-state index in [0.717, 1.165) is 116 Å². The first kappa shape index (κ1) is 76.1. The van der Waals surface area contributed by atoms with Crippen LogP contribution in [0.5, 0.6) is 0 Å². The molecule has 0 radical (unpaired) electrons. The van der Waals surface area contributed by atoms with Gasteiger partial charge in [-0.3, -0.25) is 14.4 Å². The first-order valence-electron chi connectivity index (χ1n) is 33.9. The number of carbonyl (C=O) groups is 3. The highest BCUT2D eigenvalue weighted by Crippen LogP contribution is 2.17. The molecule has 0 aromatic rings. The largest absolute Gasteiger partial charge is 0.462 e. The number of hydrogen-bond acceptors (Lipinski definition) is 6. The van der Waals surface area contributed by atoms with Crippen LogP contribution < -0.4 is 0 Å². The monoisotopic (exact) mass is 1110 g/mol. The van der Waals surface area contributed by atoms with Crippen LogP contribution >= 0.6 is 0 Å². The lowest BCUT2D eigenvalue weighted by atomic mass is 10.0. The Morgan fingerprint density at radius 1 is 0.263 bits per heavy atom. The highest BCUT2D eigenvalue weighted by Gasteiger charge is 2.19. The highest BCUT2D eigenvalue weighted by atomic mass is 16.6. The molecule has 0 N–H and O–H groups in total. The molecule has 0 amide bonds. The molecule has 0 heterocycles. The van der Waals surface area contributed by atoms with E-state index < -0.39 is 6.10 Å². The number of rotatable bonds is 61. The molecule has 1 unspecified atom stereocenters. The van der Waals surface area contributed by atoms with Crippen molar-refractivity contribution < 1.29 is 28.6 Å². The normalized spacial score (nSPS) is 12.8. The molecule has 0 aliphatic heterocycles. The van der Waals surface area contributed by atoms with Crippen LogP contribution in [0.1, 0.15) is 323 Å². The molecular formula is C74H126O6. The van der Waals surface area contributed by atoms with Gasteiger partial charge in [0.25, 0.3) is 0 Å². The van der Waals surface area contributed by atoms with Gasteiger partial charge in [-0.1, -0.05) is 304 Å². The van der Waals surface area contributed by atoms with Gasteiger partial charge in [0.05, 0.1) is 0 Å². The van der Waals surface area contributed by atoms with Crippen molar-refractivity contribution in [1.29, 1.82) is 0 Å². The maximum Gasteiger partial charge on any atom is 0.306 e. The van der Waals surface area contributed by atoms with Gasteiger partial charge >= 0.3 is 17.9 Å². The third-order valence-electron chi connectivity index (χ3n) is 14.5. The Bertz CT molecular complexity index is 1610. The molecule has 1 atom stereocenters. The van der Waals surface area contributed by atoms with Crippen LogP contribution in [0.15, 0.2) is 109 Å². The fraction of sp³-hybridized carbons (Fsp3) is 0.716. The molecule has 458 valence electrons. The van der Waals surface area contributed by atoms with Crippen molar-refractivity contribution in [2.75, 3.05) is 13.2 Å². The minimum atomic E-state index is -0.781. The first-order valence-corrected chi connectivity index (χ1v) is 33.9. The molecule has 0 fully saturated rings. The van der Waals surface area contributed by atoms with Gasteiger partial charge in [-0.25, -0.2) is 0 Å². The lowest BCUT2D eigenvalue weighted by Gasteiger charge is -2.18. The minimum absolute atomic E-state index is 0.0797. The van der Waals surface area contributed by atoms with Crippen molar-refractivity contribution in [2.45, 2.75) is 329 Å². The first-order chi connectivity index (χ1) is 39.5. The summed E-state index contributed by atoms with van der Waals surface area (Å²) in [7, 11) is 0. The zero-order chi connectivity index (χ0) is 57.8. The smallest absolute Gasteiger partial charge is 0.306 e. The van der Waals surface area contributed by atoms with E-state index in [2.05, 4.69) is 130 Å². The molecule has 6 heteroatoms. The second-order valence-corrected chi connectivity index (χ2v) is 22.4. The third kappa shape index (κ3) is 64.9. The van der Waals surface area contributed by atoms with Crippen LogP contribution in [0.4, 0.5) is 0 Å². The number of esters is 3. The summed E-state index contributed by atoms with van der Waals surface area (Å²) in [5.74, 6) is -0.881. The number of unbranched alkanes of at least 4 members (excludes halogenated alkanes) is 32. The van der Waals surface area contributed by atoms with Crippen LogP contribution in [-0.4, -0.2) is 37.2 Å². The lowest BCUT2D eigenvalue weighted by Crippen LogP contribution is -2.30. The average Bonchev–Trinajstić information content (AvgIpc) is 3.46. The van der Waals surface area contributed by atoms with Gasteiger partial charge in [0.1, 0.15) is 13.2 Å². The van der Waals surface area contributed by atoms with E-state index in [0.29, 0.717) is 19.3 Å². The Morgan fingerprint density at radius 3 is 0.800 bits per heavy atom. The van der Waals surface area contributed by atoms with Crippen molar-refractivity contribution in [3.05, 3.63) is 109 Å². The second kappa shape index (κ2) is 67.6. The van der Waals surface area contributed by atoms with E-state index in [1.807, 2.05) is 0 Å². The van der Waals surface area contributed by atoms with Crippen LogP contribution in [0.25, 0.3) is 0 Å². The van der Waals surface area contributed by atoms with E-state index in [1.54, 1.807) is 0 Å². The van der Waals surface area contributed by atoms with Crippen LogP contribution in [0.2, 0.25) is 0 Å².